The van der Waals surface area contributed by atoms with E-state index in [4.69, 9.17) is 0 Å². The molecule has 0 radical (unpaired) electrons. The van der Waals surface area contributed by atoms with Gasteiger partial charge in [0.1, 0.15) is 0 Å². The van der Waals surface area contributed by atoms with Crippen molar-refractivity contribution in [3.63, 3.8) is 0 Å². The van der Waals surface area contributed by atoms with Crippen LogP contribution in [0.25, 0.3) is 0 Å². The topological polar surface area (TPSA) is 30.9 Å². The van der Waals surface area contributed by atoms with Gasteiger partial charge < -0.3 is 10.2 Å². The quantitative estimate of drug-likeness (QED) is 0.415. The Morgan fingerprint density at radius 2 is 2.04 bits per heavy atom. The lowest BCUT2D eigenvalue weighted by Crippen LogP contribution is -2.40. The lowest BCUT2D eigenvalue weighted by Gasteiger charge is -2.22. The Morgan fingerprint density at radius 3 is 2.62 bits per heavy atom. The van der Waals surface area contributed by atoms with Crippen molar-refractivity contribution in [2.24, 2.45) is 4.99 Å². The van der Waals surface area contributed by atoms with Crippen LogP contribution in [-0.4, -0.2) is 68.8 Å². The first-order valence-corrected chi connectivity index (χ1v) is 8.97. The monoisotopic (exact) mass is 364 g/mol. The Kier molecular flexibility index (Phi) is 9.13. The fourth-order valence-electron chi connectivity index (χ4n) is 2.22. The molecule has 1 N–H and O–H groups in total. The molecule has 0 aromatic carbocycles. The average molecular weight is 364 g/mol. The molecule has 0 aliphatic rings. The summed E-state index contributed by atoms with van der Waals surface area (Å²) in [6.07, 6.45) is -2.60. The number of alkyl halides is 3. The van der Waals surface area contributed by atoms with E-state index in [1.165, 1.54) is 16.8 Å². The van der Waals surface area contributed by atoms with Gasteiger partial charge in [-0.25, -0.2) is 0 Å². The zero-order valence-corrected chi connectivity index (χ0v) is 15.4. The number of aliphatic imine (C=N–C) groups is 1. The molecule has 0 bridgehead atoms. The van der Waals surface area contributed by atoms with E-state index in [0.29, 0.717) is 19.5 Å². The molecule has 0 amide bonds. The van der Waals surface area contributed by atoms with Crippen LogP contribution in [0, 0.1) is 0 Å². The molecular weight excluding hydrogens is 337 g/mol. The van der Waals surface area contributed by atoms with Crippen molar-refractivity contribution in [2.75, 3.05) is 46.8 Å². The minimum Gasteiger partial charge on any atom is -0.357 e. The van der Waals surface area contributed by atoms with Gasteiger partial charge in [0.25, 0.3) is 0 Å². The summed E-state index contributed by atoms with van der Waals surface area (Å²) in [4.78, 5) is 9.17. The molecule has 4 nitrogen and oxygen atoms in total. The lowest BCUT2D eigenvalue weighted by atomic mass is 10.3. The average Bonchev–Trinajstić information content (AvgIpc) is 2.99. The van der Waals surface area contributed by atoms with Gasteiger partial charge in [0.2, 0.25) is 0 Å². The summed E-state index contributed by atoms with van der Waals surface area (Å²) in [5.74, 6) is 0.799. The molecule has 138 valence electrons. The highest BCUT2D eigenvalue weighted by molar-refractivity contribution is 7.09. The van der Waals surface area contributed by atoms with Crippen LogP contribution < -0.4 is 5.32 Å². The van der Waals surface area contributed by atoms with Crippen molar-refractivity contribution in [3.05, 3.63) is 22.4 Å². The van der Waals surface area contributed by atoms with Gasteiger partial charge in [-0.1, -0.05) is 6.07 Å². The number of thiophene rings is 1. The molecule has 0 aliphatic carbocycles. The minimum atomic E-state index is -4.14. The number of rotatable bonds is 9. The van der Waals surface area contributed by atoms with Gasteiger partial charge in [-0.2, -0.15) is 13.2 Å². The standard InChI is InChI=1S/C16H27F3N4S/c1-4-20-15(23(3)11-8-14-7-5-12-24-14)21-9-6-10-22(2)13-16(17,18)19/h5,7,12H,4,6,8-11,13H2,1-3H3,(H,20,21). The van der Waals surface area contributed by atoms with Crippen LogP contribution in [0.15, 0.2) is 22.5 Å². The second kappa shape index (κ2) is 10.6. The molecular formula is C16H27F3N4S. The molecule has 8 heteroatoms. The Labute approximate surface area is 146 Å². The fraction of sp³-hybridized carbons (Fsp3) is 0.688. The number of nitrogens with zero attached hydrogens (tertiary/aromatic N) is 3. The van der Waals surface area contributed by atoms with Crippen LogP contribution in [0.1, 0.15) is 18.2 Å². The van der Waals surface area contributed by atoms with E-state index < -0.39 is 12.7 Å². The Hall–Kier alpha value is -1.28. The molecule has 0 aliphatic heterocycles. The fourth-order valence-corrected chi connectivity index (χ4v) is 2.92. The Bertz CT molecular complexity index is 474. The van der Waals surface area contributed by atoms with Crippen molar-refractivity contribution >= 4 is 17.3 Å². The number of hydrogen-bond acceptors (Lipinski definition) is 3. The maximum atomic E-state index is 12.3. The molecule has 0 spiro atoms. The van der Waals surface area contributed by atoms with Crippen LogP contribution in [0.5, 0.6) is 0 Å². The summed E-state index contributed by atoms with van der Waals surface area (Å²) in [7, 11) is 3.46. The molecule has 24 heavy (non-hydrogen) atoms. The van der Waals surface area contributed by atoms with Crippen molar-refractivity contribution in [1.82, 2.24) is 15.1 Å². The van der Waals surface area contributed by atoms with Crippen molar-refractivity contribution in [3.8, 4) is 0 Å². The number of nitrogens with one attached hydrogen (secondary N) is 1. The maximum absolute atomic E-state index is 12.3. The van der Waals surface area contributed by atoms with Crippen LogP contribution in [0.3, 0.4) is 0 Å². The number of halogens is 3. The van der Waals surface area contributed by atoms with Gasteiger partial charge in [-0.15, -0.1) is 11.3 Å². The van der Waals surface area contributed by atoms with Gasteiger partial charge >= 0.3 is 6.18 Å². The van der Waals surface area contributed by atoms with E-state index in [-0.39, 0.29) is 0 Å². The smallest absolute Gasteiger partial charge is 0.357 e. The van der Waals surface area contributed by atoms with E-state index in [0.717, 1.165) is 25.5 Å². The summed E-state index contributed by atoms with van der Waals surface area (Å²) in [5.41, 5.74) is 0. The van der Waals surface area contributed by atoms with Crippen molar-refractivity contribution < 1.29 is 13.2 Å². The summed E-state index contributed by atoms with van der Waals surface area (Å²) in [5, 5.41) is 5.29. The van der Waals surface area contributed by atoms with E-state index in [1.54, 1.807) is 11.3 Å². The van der Waals surface area contributed by atoms with E-state index in [1.807, 2.05) is 20.0 Å². The molecule has 0 saturated heterocycles. The first-order valence-electron chi connectivity index (χ1n) is 8.09. The van der Waals surface area contributed by atoms with Gasteiger partial charge in [-0.05, 0) is 44.8 Å². The van der Waals surface area contributed by atoms with E-state index in [2.05, 4.69) is 26.7 Å². The highest BCUT2D eigenvalue weighted by Gasteiger charge is 2.28. The van der Waals surface area contributed by atoms with Crippen LogP contribution in [0.4, 0.5) is 13.2 Å². The third-order valence-corrected chi connectivity index (χ3v) is 4.32. The molecule has 0 unspecified atom stereocenters. The van der Waals surface area contributed by atoms with Crippen LogP contribution in [0.2, 0.25) is 0 Å². The second-order valence-electron chi connectivity index (χ2n) is 5.69. The highest BCUT2D eigenvalue weighted by atomic mass is 32.1. The SMILES string of the molecule is CCNC(=NCCCN(C)CC(F)(F)F)N(C)CCc1cccs1. The molecule has 1 aromatic rings. The van der Waals surface area contributed by atoms with Crippen molar-refractivity contribution in [1.29, 1.82) is 0 Å². The number of likely N-dealkylation sites (N-methyl/N-ethyl adjacent to an activating group) is 1. The highest BCUT2D eigenvalue weighted by Crippen LogP contribution is 2.15. The molecule has 1 heterocycles. The Morgan fingerprint density at radius 1 is 1.29 bits per heavy atom. The molecule has 1 aromatic heterocycles. The van der Waals surface area contributed by atoms with Gasteiger partial charge in [-0.3, -0.25) is 9.89 Å². The summed E-state index contributed by atoms with van der Waals surface area (Å²) in [6.45, 7) is 3.61. The van der Waals surface area contributed by atoms with Crippen molar-refractivity contribution in [2.45, 2.75) is 25.9 Å². The second-order valence-corrected chi connectivity index (χ2v) is 6.73. The zero-order chi connectivity index (χ0) is 18.0. The lowest BCUT2D eigenvalue weighted by molar-refractivity contribution is -0.143. The number of hydrogen-bond donors (Lipinski definition) is 1. The third-order valence-electron chi connectivity index (χ3n) is 3.38. The predicted molar refractivity (Wildman–Crippen MR) is 94.8 cm³/mol. The zero-order valence-electron chi connectivity index (χ0n) is 14.6. The molecule has 1 rings (SSSR count). The normalized spacial score (nSPS) is 12.7. The summed E-state index contributed by atoms with van der Waals surface area (Å²) in [6, 6.07) is 4.15. The molecule has 0 atom stereocenters. The predicted octanol–water partition coefficient (Wildman–Crippen LogP) is 3.07. The molecule has 0 saturated carbocycles. The van der Waals surface area contributed by atoms with Gasteiger partial charge in [0.15, 0.2) is 5.96 Å². The summed E-state index contributed by atoms with van der Waals surface area (Å²) < 4.78 is 36.8. The van der Waals surface area contributed by atoms with E-state index in [9.17, 15) is 13.2 Å². The van der Waals surface area contributed by atoms with Crippen LogP contribution in [-0.2, 0) is 6.42 Å². The van der Waals surface area contributed by atoms with E-state index >= 15 is 0 Å². The molecule has 0 fully saturated rings. The van der Waals surface area contributed by atoms with Gasteiger partial charge in [0.05, 0.1) is 6.54 Å². The van der Waals surface area contributed by atoms with Crippen LogP contribution >= 0.6 is 11.3 Å². The first-order chi connectivity index (χ1) is 11.3. The third kappa shape index (κ3) is 9.12. The van der Waals surface area contributed by atoms with Gasteiger partial charge in [0, 0.05) is 31.6 Å². The summed E-state index contributed by atoms with van der Waals surface area (Å²) >= 11 is 1.73. The first kappa shape index (κ1) is 20.8. The minimum absolute atomic E-state index is 0.376. The number of guanidine groups is 1. The maximum Gasteiger partial charge on any atom is 0.401 e. The largest absolute Gasteiger partial charge is 0.401 e. The Balaban J connectivity index is 2.38.